The second-order valence-corrected chi connectivity index (χ2v) is 19.4. The number of rotatable bonds is 8. The number of hydrogen-bond acceptors (Lipinski definition) is 4. The summed E-state index contributed by atoms with van der Waals surface area (Å²) in [5, 5.41) is 0. The van der Waals surface area contributed by atoms with Crippen LogP contribution in [0.5, 0.6) is 0 Å². The molecule has 0 heterocycles. The molecule has 0 saturated heterocycles. The van der Waals surface area contributed by atoms with Crippen LogP contribution in [0, 0.1) is 0 Å². The second-order valence-electron chi connectivity index (χ2n) is 6.00. The molecule has 0 spiro atoms. The van der Waals surface area contributed by atoms with Crippen LogP contribution in [0.1, 0.15) is 6.92 Å². The van der Waals surface area contributed by atoms with Gasteiger partial charge in [-0.25, -0.2) is 0 Å². The molecule has 0 unspecified atom stereocenters. The Morgan fingerprint density at radius 2 is 1.22 bits per heavy atom. The zero-order valence-corrected chi connectivity index (χ0v) is 17.6. The lowest BCUT2D eigenvalue weighted by Crippen LogP contribution is -2.55. The van der Waals surface area contributed by atoms with Gasteiger partial charge in [0.15, 0.2) is 9.04 Å². The molecular weight excluding hydrogens is 296 g/mol. The predicted octanol–water partition coefficient (Wildman–Crippen LogP) is 3.16. The molecule has 0 aliphatic rings. The Hall–Kier alpha value is 0.708. The van der Waals surface area contributed by atoms with Crippen molar-refractivity contribution in [3.05, 3.63) is 0 Å². The molecule has 0 aromatic carbocycles. The molecule has 0 aromatic heterocycles. The quantitative estimate of drug-likeness (QED) is 0.642. The van der Waals surface area contributed by atoms with E-state index in [0.717, 1.165) is 0 Å². The third kappa shape index (κ3) is 8.75. The van der Waals surface area contributed by atoms with Gasteiger partial charge in [-0.1, -0.05) is 0 Å². The second kappa shape index (κ2) is 6.93. The molecular formula is C10H30O4Si4. The first-order chi connectivity index (χ1) is 7.89. The van der Waals surface area contributed by atoms with Crippen LogP contribution in [0.2, 0.25) is 52.4 Å². The largest absolute Gasteiger partial charge is 0.440 e. The molecule has 0 saturated carbocycles. The maximum absolute atomic E-state index is 6.24. The molecule has 0 aliphatic carbocycles. The van der Waals surface area contributed by atoms with Crippen LogP contribution >= 0.6 is 0 Å². The van der Waals surface area contributed by atoms with Gasteiger partial charge in [0, 0.05) is 6.61 Å². The van der Waals surface area contributed by atoms with E-state index in [-0.39, 0.29) is 0 Å². The van der Waals surface area contributed by atoms with Crippen molar-refractivity contribution < 1.29 is 16.8 Å². The molecule has 0 amide bonds. The summed E-state index contributed by atoms with van der Waals surface area (Å²) in [6, 6.07) is 0. The maximum Gasteiger partial charge on any atom is 0.322 e. The van der Waals surface area contributed by atoms with Crippen LogP contribution < -0.4 is 0 Å². The highest BCUT2D eigenvalue weighted by Crippen LogP contribution is 2.22. The zero-order valence-electron chi connectivity index (χ0n) is 13.4. The number of hydrogen-bond donors (Lipinski definition) is 0. The van der Waals surface area contributed by atoms with E-state index in [4.69, 9.17) is 16.8 Å². The van der Waals surface area contributed by atoms with E-state index < -0.39 is 34.7 Å². The first-order valence-corrected chi connectivity index (χ1v) is 17.8. The lowest BCUT2D eigenvalue weighted by Gasteiger charge is -2.38. The molecule has 110 valence electrons. The van der Waals surface area contributed by atoms with Crippen LogP contribution in [0.15, 0.2) is 0 Å². The smallest absolute Gasteiger partial charge is 0.322 e. The van der Waals surface area contributed by atoms with Crippen LogP contribution in [-0.2, 0) is 16.8 Å². The van der Waals surface area contributed by atoms with E-state index in [1.54, 1.807) is 0 Å². The molecule has 0 atom stereocenters. The van der Waals surface area contributed by atoms with E-state index in [0.29, 0.717) is 6.61 Å². The van der Waals surface area contributed by atoms with E-state index in [1.807, 2.05) is 6.92 Å². The summed E-state index contributed by atoms with van der Waals surface area (Å²) < 4.78 is 24.2. The van der Waals surface area contributed by atoms with Crippen molar-refractivity contribution in [2.75, 3.05) is 6.61 Å². The molecule has 0 N–H and O–H groups in total. The van der Waals surface area contributed by atoms with Gasteiger partial charge < -0.3 is 16.8 Å². The molecule has 0 fully saturated rings. The Kier molecular flexibility index (Phi) is 7.20. The third-order valence-corrected chi connectivity index (χ3v) is 15.0. The van der Waals surface area contributed by atoms with E-state index >= 15 is 0 Å². The maximum atomic E-state index is 6.24. The van der Waals surface area contributed by atoms with Gasteiger partial charge in [0.25, 0.3) is 0 Å². The minimum absolute atomic E-state index is 0.694. The average Bonchev–Trinajstić information content (AvgIpc) is 1.93. The predicted molar refractivity (Wildman–Crippen MR) is 86.2 cm³/mol. The van der Waals surface area contributed by atoms with Crippen LogP contribution in [0.3, 0.4) is 0 Å². The van der Waals surface area contributed by atoms with Crippen LogP contribution in [0.25, 0.3) is 0 Å². The van der Waals surface area contributed by atoms with Gasteiger partial charge in [-0.2, -0.15) is 0 Å². The summed E-state index contributed by atoms with van der Waals surface area (Å²) in [5.74, 6) is 0. The topological polar surface area (TPSA) is 36.9 Å². The summed E-state index contributed by atoms with van der Waals surface area (Å²) in [7, 11) is -7.37. The van der Waals surface area contributed by atoms with Crippen molar-refractivity contribution in [1.82, 2.24) is 0 Å². The molecule has 0 bridgehead atoms. The fourth-order valence-electron chi connectivity index (χ4n) is 2.17. The highest BCUT2D eigenvalue weighted by molar-refractivity contribution is 6.86. The van der Waals surface area contributed by atoms with E-state index in [2.05, 4.69) is 52.4 Å². The van der Waals surface area contributed by atoms with Crippen molar-refractivity contribution in [3.63, 3.8) is 0 Å². The van der Waals surface area contributed by atoms with Crippen molar-refractivity contribution in [2.45, 2.75) is 59.3 Å². The summed E-state index contributed by atoms with van der Waals surface area (Å²) in [6.07, 6.45) is 0. The Bertz CT molecular complexity index is 256. The Morgan fingerprint density at radius 1 is 0.778 bits per heavy atom. The van der Waals surface area contributed by atoms with Crippen molar-refractivity contribution >= 4 is 34.7 Å². The first kappa shape index (κ1) is 18.7. The van der Waals surface area contributed by atoms with E-state index in [9.17, 15) is 0 Å². The van der Waals surface area contributed by atoms with Gasteiger partial charge in [0.1, 0.15) is 0 Å². The van der Waals surface area contributed by atoms with Gasteiger partial charge in [-0.15, -0.1) is 0 Å². The zero-order chi connectivity index (χ0) is 14.6. The van der Waals surface area contributed by atoms with Gasteiger partial charge in [0.2, 0.25) is 0 Å². The third-order valence-electron chi connectivity index (χ3n) is 1.99. The Balaban J connectivity index is 4.55. The minimum Gasteiger partial charge on any atom is -0.440 e. The lowest BCUT2D eigenvalue weighted by molar-refractivity contribution is 0.236. The molecule has 0 aromatic rings. The van der Waals surface area contributed by atoms with Crippen molar-refractivity contribution in [3.8, 4) is 0 Å². The van der Waals surface area contributed by atoms with Crippen LogP contribution in [0.4, 0.5) is 0 Å². The normalized spacial score (nSPS) is 14.3. The lowest BCUT2D eigenvalue weighted by atomic mass is 10.9. The van der Waals surface area contributed by atoms with Crippen LogP contribution in [-0.4, -0.2) is 41.3 Å². The monoisotopic (exact) mass is 326 g/mol. The highest BCUT2D eigenvalue weighted by atomic mass is 28.5. The van der Waals surface area contributed by atoms with Gasteiger partial charge in [-0.05, 0) is 59.3 Å². The summed E-state index contributed by atoms with van der Waals surface area (Å²) >= 11 is 0. The van der Waals surface area contributed by atoms with Gasteiger partial charge >= 0.3 is 25.7 Å². The molecule has 0 radical (unpaired) electrons. The highest BCUT2D eigenvalue weighted by Gasteiger charge is 2.41. The fourth-order valence-corrected chi connectivity index (χ4v) is 18.3. The molecule has 0 aliphatic heterocycles. The van der Waals surface area contributed by atoms with Gasteiger partial charge in [0.05, 0.1) is 0 Å². The molecule has 4 nitrogen and oxygen atoms in total. The fraction of sp³-hybridized carbons (Fsp3) is 1.00. The van der Waals surface area contributed by atoms with E-state index in [1.165, 1.54) is 0 Å². The average molecular weight is 327 g/mol. The SMILES string of the molecule is CCO[Si](C)(C)O[Si](C)(C)O[Si](C)(C)O[SiH](C)C. The molecule has 18 heavy (non-hydrogen) atoms. The summed E-state index contributed by atoms with van der Waals surface area (Å²) in [5.41, 5.74) is 0. The van der Waals surface area contributed by atoms with Gasteiger partial charge in [-0.3, -0.25) is 0 Å². The molecule has 8 heteroatoms. The summed E-state index contributed by atoms with van der Waals surface area (Å²) in [4.78, 5) is 0. The van der Waals surface area contributed by atoms with Crippen molar-refractivity contribution in [1.29, 1.82) is 0 Å². The van der Waals surface area contributed by atoms with Crippen molar-refractivity contribution in [2.24, 2.45) is 0 Å². The summed E-state index contributed by atoms with van der Waals surface area (Å²) in [6.45, 7) is 19.6. The first-order valence-electron chi connectivity index (χ1n) is 6.61. The molecule has 0 rings (SSSR count). The Labute approximate surface area is 117 Å². The minimum atomic E-state index is -2.18. The standard InChI is InChI=1S/C10H30O4Si4/c1-10-11-16(4,5)13-18(8,9)14-17(6,7)12-15(2)3/h15H,10H2,1-9H3. The Morgan fingerprint density at radius 3 is 1.61 bits per heavy atom.